The Morgan fingerprint density at radius 2 is 2.08 bits per heavy atom. The fourth-order valence-electron chi connectivity index (χ4n) is 5.68. The molecular formula is C32H36N4O3S. The molecule has 2 aliphatic heterocycles. The molecule has 7 nitrogen and oxygen atoms in total. The SMILES string of the molecule is Cc1ccc(-c2cc3c(c(OC[C@@H]4CCCN(C)C4)c2)OCCN(C(=O)c2cccc(Cn4cccn4)c2)C3)s1. The summed E-state index contributed by atoms with van der Waals surface area (Å²) < 4.78 is 14.7. The average Bonchev–Trinajstić information content (AvgIpc) is 3.58. The fraction of sp³-hybridized carbons (Fsp3) is 0.375. The summed E-state index contributed by atoms with van der Waals surface area (Å²) in [6, 6.07) is 18.3. The molecule has 0 bridgehead atoms. The van der Waals surface area contributed by atoms with Crippen LogP contribution in [0.25, 0.3) is 10.4 Å². The first-order valence-electron chi connectivity index (χ1n) is 14.1. The Morgan fingerprint density at radius 1 is 1.15 bits per heavy atom. The first-order valence-corrected chi connectivity index (χ1v) is 14.9. The van der Waals surface area contributed by atoms with Gasteiger partial charge in [0, 0.05) is 52.3 Å². The van der Waals surface area contributed by atoms with E-state index in [1.54, 1.807) is 17.5 Å². The number of rotatable bonds is 7. The third kappa shape index (κ3) is 6.08. The van der Waals surface area contributed by atoms with Crippen LogP contribution in [0.15, 0.2) is 67.0 Å². The molecule has 0 saturated carbocycles. The largest absolute Gasteiger partial charge is 0.489 e. The van der Waals surface area contributed by atoms with Crippen molar-refractivity contribution in [1.82, 2.24) is 19.6 Å². The number of nitrogens with zero attached hydrogens (tertiary/aromatic N) is 4. The number of hydrogen-bond acceptors (Lipinski definition) is 6. The third-order valence-corrected chi connectivity index (χ3v) is 8.74. The van der Waals surface area contributed by atoms with Crippen molar-refractivity contribution >= 4 is 17.2 Å². The summed E-state index contributed by atoms with van der Waals surface area (Å²) in [6.45, 7) is 7.02. The Hall–Kier alpha value is -3.62. The molecule has 2 aromatic carbocycles. The second kappa shape index (κ2) is 11.9. The highest BCUT2D eigenvalue weighted by Gasteiger charge is 2.26. The van der Waals surface area contributed by atoms with Gasteiger partial charge in [0.2, 0.25) is 0 Å². The summed E-state index contributed by atoms with van der Waals surface area (Å²) in [5, 5.41) is 4.30. The fourth-order valence-corrected chi connectivity index (χ4v) is 6.53. The summed E-state index contributed by atoms with van der Waals surface area (Å²) in [6.07, 6.45) is 6.07. The third-order valence-electron chi connectivity index (χ3n) is 7.69. The van der Waals surface area contributed by atoms with E-state index >= 15 is 0 Å². The van der Waals surface area contributed by atoms with Crippen molar-refractivity contribution in [2.75, 3.05) is 39.9 Å². The topological polar surface area (TPSA) is 59.8 Å². The predicted octanol–water partition coefficient (Wildman–Crippen LogP) is 5.72. The average molecular weight is 557 g/mol. The van der Waals surface area contributed by atoms with Crippen LogP contribution in [0, 0.1) is 12.8 Å². The van der Waals surface area contributed by atoms with Crippen LogP contribution in [0.1, 0.15) is 39.2 Å². The molecule has 1 atom stereocenters. The molecule has 0 spiro atoms. The maximum absolute atomic E-state index is 13.7. The minimum Gasteiger partial charge on any atom is -0.489 e. The molecule has 40 heavy (non-hydrogen) atoms. The van der Waals surface area contributed by atoms with Gasteiger partial charge in [-0.05, 0) is 86.9 Å². The number of benzene rings is 2. The highest BCUT2D eigenvalue weighted by atomic mass is 32.1. The second-order valence-electron chi connectivity index (χ2n) is 10.9. The van der Waals surface area contributed by atoms with Crippen molar-refractivity contribution in [2.24, 2.45) is 5.92 Å². The van der Waals surface area contributed by atoms with E-state index in [9.17, 15) is 4.79 Å². The molecule has 0 unspecified atom stereocenters. The Labute approximate surface area is 239 Å². The van der Waals surface area contributed by atoms with E-state index in [0.29, 0.717) is 44.3 Å². The number of thiophene rings is 1. The number of aromatic nitrogens is 2. The van der Waals surface area contributed by atoms with Crippen LogP contribution in [0.2, 0.25) is 0 Å². The van der Waals surface area contributed by atoms with E-state index in [2.05, 4.69) is 48.2 Å². The van der Waals surface area contributed by atoms with Gasteiger partial charge in [-0.3, -0.25) is 9.48 Å². The predicted molar refractivity (Wildman–Crippen MR) is 158 cm³/mol. The Bertz CT molecular complexity index is 1460. The molecule has 1 fully saturated rings. The van der Waals surface area contributed by atoms with Crippen LogP contribution in [-0.4, -0.2) is 65.4 Å². The molecule has 2 aromatic heterocycles. The number of amides is 1. The maximum atomic E-state index is 13.7. The van der Waals surface area contributed by atoms with Crippen LogP contribution in [0.3, 0.4) is 0 Å². The number of carbonyl (C=O) groups excluding carboxylic acids is 1. The van der Waals surface area contributed by atoms with E-state index in [1.807, 2.05) is 46.1 Å². The highest BCUT2D eigenvalue weighted by Crippen LogP contribution is 2.41. The first-order chi connectivity index (χ1) is 19.5. The Kier molecular flexibility index (Phi) is 7.89. The Morgan fingerprint density at radius 3 is 2.88 bits per heavy atom. The lowest BCUT2D eigenvalue weighted by atomic mass is 9.99. The molecule has 1 amide bonds. The van der Waals surface area contributed by atoms with Gasteiger partial charge in [0.1, 0.15) is 6.61 Å². The van der Waals surface area contributed by atoms with Crippen LogP contribution < -0.4 is 9.47 Å². The van der Waals surface area contributed by atoms with Gasteiger partial charge in [-0.2, -0.15) is 5.10 Å². The minimum atomic E-state index is 0.00356. The van der Waals surface area contributed by atoms with Gasteiger partial charge in [-0.15, -0.1) is 11.3 Å². The number of carbonyl (C=O) groups is 1. The van der Waals surface area contributed by atoms with Crippen LogP contribution in [-0.2, 0) is 13.1 Å². The van der Waals surface area contributed by atoms with Gasteiger partial charge in [-0.25, -0.2) is 0 Å². The molecule has 1 saturated heterocycles. The van der Waals surface area contributed by atoms with E-state index in [0.717, 1.165) is 41.3 Å². The molecule has 2 aliphatic rings. The monoisotopic (exact) mass is 556 g/mol. The van der Waals surface area contributed by atoms with Gasteiger partial charge in [-0.1, -0.05) is 12.1 Å². The molecule has 8 heteroatoms. The summed E-state index contributed by atoms with van der Waals surface area (Å²) >= 11 is 1.77. The van der Waals surface area contributed by atoms with Crippen molar-refractivity contribution < 1.29 is 14.3 Å². The van der Waals surface area contributed by atoms with Crippen LogP contribution in [0.4, 0.5) is 0 Å². The normalized spacial score (nSPS) is 17.6. The number of ether oxygens (including phenoxy) is 2. The Balaban J connectivity index is 1.26. The number of fused-ring (bicyclic) bond motifs is 1. The van der Waals surface area contributed by atoms with E-state index in [4.69, 9.17) is 9.47 Å². The smallest absolute Gasteiger partial charge is 0.254 e. The molecule has 0 N–H and O–H groups in total. The standard InChI is InChI=1S/C32H36N4O3S/c1-23-9-10-30(40-23)27-17-28-21-35(32(37)26-8-3-6-24(16-26)20-36-13-5-11-33-36)14-15-38-31(28)29(18-27)39-22-25-7-4-12-34(2)19-25/h3,5-6,8-11,13,16-18,25H,4,7,12,14-15,19-22H2,1-2H3/t25-/m1/s1. The lowest BCUT2D eigenvalue weighted by Crippen LogP contribution is -2.34. The van der Waals surface area contributed by atoms with Crippen molar-refractivity contribution in [3.63, 3.8) is 0 Å². The van der Waals surface area contributed by atoms with Gasteiger partial charge in [0.15, 0.2) is 11.5 Å². The number of aryl methyl sites for hydroxylation is 1. The summed E-state index contributed by atoms with van der Waals surface area (Å²) in [4.78, 5) is 20.5. The van der Waals surface area contributed by atoms with Crippen molar-refractivity contribution in [3.05, 3.63) is 88.6 Å². The number of piperidine rings is 1. The van der Waals surface area contributed by atoms with Crippen LogP contribution in [0.5, 0.6) is 11.5 Å². The van der Waals surface area contributed by atoms with Crippen molar-refractivity contribution in [3.8, 4) is 21.9 Å². The maximum Gasteiger partial charge on any atom is 0.254 e. The molecule has 6 rings (SSSR count). The summed E-state index contributed by atoms with van der Waals surface area (Å²) in [5.41, 5.74) is 3.81. The molecule has 208 valence electrons. The van der Waals surface area contributed by atoms with E-state index < -0.39 is 0 Å². The quantitative estimate of drug-likeness (QED) is 0.291. The molecule has 0 aliphatic carbocycles. The summed E-state index contributed by atoms with van der Waals surface area (Å²) in [7, 11) is 2.18. The zero-order chi connectivity index (χ0) is 27.5. The van der Waals surface area contributed by atoms with Gasteiger partial charge < -0.3 is 19.3 Å². The zero-order valence-electron chi connectivity index (χ0n) is 23.2. The molecule has 4 aromatic rings. The molecule has 0 radical (unpaired) electrons. The number of hydrogen-bond donors (Lipinski definition) is 0. The van der Waals surface area contributed by atoms with E-state index in [-0.39, 0.29) is 5.91 Å². The van der Waals surface area contributed by atoms with Gasteiger partial charge in [0.05, 0.1) is 19.7 Å². The minimum absolute atomic E-state index is 0.00356. The zero-order valence-corrected chi connectivity index (χ0v) is 24.0. The lowest BCUT2D eigenvalue weighted by Gasteiger charge is -2.29. The van der Waals surface area contributed by atoms with E-state index in [1.165, 1.54) is 22.6 Å². The summed E-state index contributed by atoms with van der Waals surface area (Å²) in [5.74, 6) is 2.05. The number of likely N-dealkylation sites (tertiary alicyclic amines) is 1. The first kappa shape index (κ1) is 26.6. The van der Waals surface area contributed by atoms with Gasteiger partial charge >= 0.3 is 0 Å². The lowest BCUT2D eigenvalue weighted by molar-refractivity contribution is 0.0732. The highest BCUT2D eigenvalue weighted by molar-refractivity contribution is 7.15. The van der Waals surface area contributed by atoms with Gasteiger partial charge in [0.25, 0.3) is 5.91 Å². The second-order valence-corrected chi connectivity index (χ2v) is 12.2. The van der Waals surface area contributed by atoms with Crippen molar-refractivity contribution in [1.29, 1.82) is 0 Å². The van der Waals surface area contributed by atoms with Crippen LogP contribution >= 0.6 is 11.3 Å². The van der Waals surface area contributed by atoms with Crippen molar-refractivity contribution in [2.45, 2.75) is 32.9 Å². The molecule has 4 heterocycles. The molecular weight excluding hydrogens is 520 g/mol.